The molecule has 1 aromatic carbocycles. The van der Waals surface area contributed by atoms with Gasteiger partial charge in [0.25, 0.3) is 0 Å². The van der Waals surface area contributed by atoms with Crippen LogP contribution in [0.1, 0.15) is 10.4 Å². The molecule has 4 nitrogen and oxygen atoms in total. The molecule has 0 radical (unpaired) electrons. The highest BCUT2D eigenvalue weighted by Crippen LogP contribution is 2.05. The molecule has 1 heterocycles. The Morgan fingerprint density at radius 3 is 2.28 bits per heavy atom. The molecular formula is C14H21N3O. The maximum absolute atomic E-state index is 12.0. The topological polar surface area (TPSA) is 49.6 Å². The van der Waals surface area contributed by atoms with Crippen LogP contribution in [0.5, 0.6) is 0 Å². The van der Waals surface area contributed by atoms with Crippen molar-refractivity contribution in [3.63, 3.8) is 0 Å². The van der Waals surface area contributed by atoms with Crippen molar-refractivity contribution in [3.05, 3.63) is 35.9 Å². The average molecular weight is 247 g/mol. The summed E-state index contributed by atoms with van der Waals surface area (Å²) in [5.41, 5.74) is 6.35. The van der Waals surface area contributed by atoms with Gasteiger partial charge in [0.1, 0.15) is 0 Å². The van der Waals surface area contributed by atoms with E-state index in [1.165, 1.54) is 0 Å². The minimum Gasteiger partial charge on any atom is -0.329 e. The van der Waals surface area contributed by atoms with E-state index in [1.54, 1.807) is 0 Å². The first-order chi connectivity index (χ1) is 8.79. The molecule has 0 aromatic heterocycles. The van der Waals surface area contributed by atoms with E-state index in [2.05, 4.69) is 9.80 Å². The van der Waals surface area contributed by atoms with Crippen molar-refractivity contribution in [1.82, 2.24) is 9.80 Å². The van der Waals surface area contributed by atoms with Gasteiger partial charge in [-0.3, -0.25) is 14.6 Å². The molecular weight excluding hydrogens is 226 g/mol. The van der Waals surface area contributed by atoms with Crippen LogP contribution >= 0.6 is 0 Å². The van der Waals surface area contributed by atoms with Gasteiger partial charge in [-0.05, 0) is 0 Å². The molecule has 18 heavy (non-hydrogen) atoms. The van der Waals surface area contributed by atoms with E-state index < -0.39 is 0 Å². The number of hydrogen-bond donors (Lipinski definition) is 1. The van der Waals surface area contributed by atoms with E-state index in [4.69, 9.17) is 5.73 Å². The quantitative estimate of drug-likeness (QED) is 0.767. The molecule has 1 aliphatic heterocycles. The zero-order chi connectivity index (χ0) is 12.8. The van der Waals surface area contributed by atoms with Crippen molar-refractivity contribution in [3.8, 4) is 0 Å². The Bertz CT molecular complexity index is 372. The zero-order valence-corrected chi connectivity index (χ0v) is 10.7. The third-order valence-corrected chi connectivity index (χ3v) is 3.37. The summed E-state index contributed by atoms with van der Waals surface area (Å²) >= 11 is 0. The normalized spacial score (nSPS) is 17.8. The molecule has 1 fully saturated rings. The van der Waals surface area contributed by atoms with Crippen LogP contribution in [0.3, 0.4) is 0 Å². The summed E-state index contributed by atoms with van der Waals surface area (Å²) in [7, 11) is 0. The molecule has 1 aromatic rings. The van der Waals surface area contributed by atoms with E-state index in [9.17, 15) is 4.79 Å². The van der Waals surface area contributed by atoms with Crippen LogP contribution in [0.15, 0.2) is 30.3 Å². The van der Waals surface area contributed by atoms with Crippen LogP contribution in [0.2, 0.25) is 0 Å². The van der Waals surface area contributed by atoms with Crippen LogP contribution in [0, 0.1) is 0 Å². The molecule has 0 aliphatic carbocycles. The molecule has 2 N–H and O–H groups in total. The lowest BCUT2D eigenvalue weighted by Gasteiger charge is -2.33. The number of carbonyl (C=O) groups excluding carboxylic acids is 1. The fraction of sp³-hybridized carbons (Fsp3) is 0.500. The van der Waals surface area contributed by atoms with Crippen molar-refractivity contribution in [2.75, 3.05) is 45.8 Å². The first-order valence-electron chi connectivity index (χ1n) is 6.52. The number of benzene rings is 1. The second-order valence-corrected chi connectivity index (χ2v) is 4.70. The molecule has 0 bridgehead atoms. The van der Waals surface area contributed by atoms with E-state index in [-0.39, 0.29) is 5.78 Å². The maximum atomic E-state index is 12.0. The van der Waals surface area contributed by atoms with Crippen molar-refractivity contribution < 1.29 is 4.79 Å². The number of carbonyl (C=O) groups is 1. The number of ketones is 1. The average Bonchev–Trinajstić information content (AvgIpc) is 2.42. The van der Waals surface area contributed by atoms with E-state index in [0.717, 1.165) is 38.3 Å². The summed E-state index contributed by atoms with van der Waals surface area (Å²) in [4.78, 5) is 16.6. The largest absolute Gasteiger partial charge is 0.329 e. The summed E-state index contributed by atoms with van der Waals surface area (Å²) in [6, 6.07) is 9.52. The Morgan fingerprint density at radius 1 is 1.06 bits per heavy atom. The van der Waals surface area contributed by atoms with E-state index in [1.807, 2.05) is 30.3 Å². The second-order valence-electron chi connectivity index (χ2n) is 4.70. The number of nitrogens with two attached hydrogens (primary N) is 1. The number of Topliss-reactive ketones (excluding diaryl/α,β-unsaturated/α-hetero) is 1. The second kappa shape index (κ2) is 6.64. The van der Waals surface area contributed by atoms with Crippen LogP contribution in [-0.4, -0.2) is 61.4 Å². The fourth-order valence-corrected chi connectivity index (χ4v) is 2.27. The van der Waals surface area contributed by atoms with Gasteiger partial charge in [0.15, 0.2) is 5.78 Å². The SMILES string of the molecule is NCCN1CCN(CC(=O)c2ccccc2)CC1. The molecule has 2 rings (SSSR count). The molecule has 0 unspecified atom stereocenters. The maximum Gasteiger partial charge on any atom is 0.176 e. The standard InChI is InChI=1S/C14H21N3O/c15-6-7-16-8-10-17(11-9-16)12-14(18)13-4-2-1-3-5-13/h1-5H,6-12,15H2. The predicted octanol–water partition coefficient (Wildman–Crippen LogP) is 0.446. The highest BCUT2D eigenvalue weighted by atomic mass is 16.1. The Kier molecular flexibility index (Phi) is 4.87. The first-order valence-corrected chi connectivity index (χ1v) is 6.52. The Labute approximate surface area is 108 Å². The highest BCUT2D eigenvalue weighted by Gasteiger charge is 2.18. The number of rotatable bonds is 5. The third-order valence-electron chi connectivity index (χ3n) is 3.37. The molecule has 0 atom stereocenters. The lowest BCUT2D eigenvalue weighted by Crippen LogP contribution is -2.49. The summed E-state index contributed by atoms with van der Waals surface area (Å²) in [6.45, 7) is 6.14. The Hall–Kier alpha value is -1.23. The Balaban J connectivity index is 1.80. The number of nitrogens with zero attached hydrogens (tertiary/aromatic N) is 2. The zero-order valence-electron chi connectivity index (χ0n) is 10.7. The molecule has 0 saturated carbocycles. The van der Waals surface area contributed by atoms with Crippen LogP contribution in [0.4, 0.5) is 0 Å². The predicted molar refractivity (Wildman–Crippen MR) is 72.7 cm³/mol. The fourth-order valence-electron chi connectivity index (χ4n) is 2.27. The minimum atomic E-state index is 0.211. The van der Waals surface area contributed by atoms with Gasteiger partial charge in [-0.2, -0.15) is 0 Å². The summed E-state index contributed by atoms with van der Waals surface area (Å²) < 4.78 is 0. The van der Waals surface area contributed by atoms with Gasteiger partial charge < -0.3 is 5.73 Å². The van der Waals surface area contributed by atoms with Gasteiger partial charge >= 0.3 is 0 Å². The third kappa shape index (κ3) is 3.63. The van der Waals surface area contributed by atoms with Gasteiger partial charge in [-0.1, -0.05) is 30.3 Å². The summed E-state index contributed by atoms with van der Waals surface area (Å²) in [5, 5.41) is 0. The molecule has 0 spiro atoms. The Morgan fingerprint density at radius 2 is 1.67 bits per heavy atom. The van der Waals surface area contributed by atoms with Crippen LogP contribution < -0.4 is 5.73 Å². The molecule has 1 saturated heterocycles. The smallest absolute Gasteiger partial charge is 0.176 e. The van der Waals surface area contributed by atoms with Crippen molar-refractivity contribution in [2.45, 2.75) is 0 Å². The first kappa shape index (κ1) is 13.2. The van der Waals surface area contributed by atoms with Crippen molar-refractivity contribution >= 4 is 5.78 Å². The number of piperazine rings is 1. The lowest BCUT2D eigenvalue weighted by atomic mass is 10.1. The van der Waals surface area contributed by atoms with Crippen molar-refractivity contribution in [1.29, 1.82) is 0 Å². The molecule has 98 valence electrons. The van der Waals surface area contributed by atoms with Crippen LogP contribution in [-0.2, 0) is 0 Å². The monoisotopic (exact) mass is 247 g/mol. The molecule has 1 aliphatic rings. The van der Waals surface area contributed by atoms with Crippen molar-refractivity contribution in [2.24, 2.45) is 5.73 Å². The summed E-state index contributed by atoms with van der Waals surface area (Å²) in [6.07, 6.45) is 0. The summed E-state index contributed by atoms with van der Waals surface area (Å²) in [5.74, 6) is 0.211. The molecule has 4 heteroatoms. The van der Waals surface area contributed by atoms with E-state index in [0.29, 0.717) is 13.1 Å². The minimum absolute atomic E-state index is 0.211. The van der Waals surface area contributed by atoms with Gasteiger partial charge in [0.05, 0.1) is 6.54 Å². The van der Waals surface area contributed by atoms with Gasteiger partial charge in [-0.15, -0.1) is 0 Å². The highest BCUT2D eigenvalue weighted by molar-refractivity contribution is 5.97. The number of hydrogen-bond acceptors (Lipinski definition) is 4. The van der Waals surface area contributed by atoms with E-state index >= 15 is 0 Å². The molecule has 0 amide bonds. The lowest BCUT2D eigenvalue weighted by molar-refractivity contribution is 0.0856. The van der Waals surface area contributed by atoms with Gasteiger partial charge in [0, 0.05) is 44.8 Å². The van der Waals surface area contributed by atoms with Gasteiger partial charge in [-0.25, -0.2) is 0 Å². The van der Waals surface area contributed by atoms with Crippen LogP contribution in [0.25, 0.3) is 0 Å². The van der Waals surface area contributed by atoms with Gasteiger partial charge in [0.2, 0.25) is 0 Å².